The molecule has 0 aromatic heterocycles. The van der Waals surface area contributed by atoms with Crippen molar-refractivity contribution >= 4 is 11.8 Å². The van der Waals surface area contributed by atoms with Crippen molar-refractivity contribution in [1.82, 2.24) is 0 Å². The summed E-state index contributed by atoms with van der Waals surface area (Å²) in [5, 5.41) is 18.9. The number of hydrogen-bond acceptors (Lipinski definition) is 5. The highest BCUT2D eigenvalue weighted by molar-refractivity contribution is 6.02. The lowest BCUT2D eigenvalue weighted by Gasteiger charge is -2.14. The molecule has 5 nitrogen and oxygen atoms in total. The highest BCUT2D eigenvalue weighted by Gasteiger charge is 2.19. The Morgan fingerprint density at radius 3 is 2.08 bits per heavy atom. The van der Waals surface area contributed by atoms with Crippen molar-refractivity contribution < 1.29 is 24.5 Å². The fourth-order valence-electron chi connectivity index (χ4n) is 2.61. The first-order valence-electron chi connectivity index (χ1n) is 7.52. The van der Waals surface area contributed by atoms with E-state index < -0.39 is 18.3 Å². The van der Waals surface area contributed by atoms with Gasteiger partial charge in [-0.25, -0.2) is 4.79 Å². The first kappa shape index (κ1) is 17.5. The topological polar surface area (TPSA) is 83.8 Å². The van der Waals surface area contributed by atoms with Gasteiger partial charge in [-0.3, -0.25) is 4.79 Å². The molecule has 126 valence electrons. The van der Waals surface area contributed by atoms with Gasteiger partial charge in [-0.1, -0.05) is 6.07 Å². The highest BCUT2D eigenvalue weighted by atomic mass is 16.5. The van der Waals surface area contributed by atoms with Crippen molar-refractivity contribution in [3.8, 4) is 11.5 Å². The molecule has 0 radical (unpaired) electrons. The summed E-state index contributed by atoms with van der Waals surface area (Å²) in [6.07, 6.45) is 0. The van der Waals surface area contributed by atoms with E-state index in [9.17, 15) is 19.8 Å². The van der Waals surface area contributed by atoms with Crippen molar-refractivity contribution in [1.29, 1.82) is 0 Å². The second-order valence-corrected chi connectivity index (χ2v) is 5.84. The number of phenolic OH excluding ortho intramolecular Hbond substituents is 2. The lowest BCUT2D eigenvalue weighted by atomic mass is 9.92. The zero-order valence-electron chi connectivity index (χ0n) is 14.1. The van der Waals surface area contributed by atoms with Gasteiger partial charge < -0.3 is 14.9 Å². The van der Waals surface area contributed by atoms with Gasteiger partial charge in [-0.15, -0.1) is 0 Å². The molecule has 5 heteroatoms. The molecule has 0 saturated carbocycles. The highest BCUT2D eigenvalue weighted by Crippen LogP contribution is 2.24. The molecule has 0 fully saturated rings. The number of rotatable bonds is 4. The first-order valence-corrected chi connectivity index (χ1v) is 7.52. The number of hydrogen-bond donors (Lipinski definition) is 2. The summed E-state index contributed by atoms with van der Waals surface area (Å²) in [6, 6.07) is 5.56. The van der Waals surface area contributed by atoms with E-state index in [0.717, 1.165) is 28.3 Å². The fourth-order valence-corrected chi connectivity index (χ4v) is 2.61. The van der Waals surface area contributed by atoms with Crippen LogP contribution >= 0.6 is 0 Å². The molecule has 0 unspecified atom stereocenters. The second kappa shape index (κ2) is 6.74. The standard InChI is InChI=1S/C19H20O5/c1-10-7-11(2)13(4)18(12(10)3)17(22)9-24-19(23)15-6-5-14(20)8-16(15)21/h5-8,20-21H,9H2,1-4H3. The summed E-state index contributed by atoms with van der Waals surface area (Å²) >= 11 is 0. The number of aromatic hydroxyl groups is 2. The summed E-state index contributed by atoms with van der Waals surface area (Å²) in [4.78, 5) is 24.5. The zero-order chi connectivity index (χ0) is 18.0. The maximum Gasteiger partial charge on any atom is 0.342 e. The molecule has 2 N–H and O–H groups in total. The smallest absolute Gasteiger partial charge is 0.342 e. The molecule has 0 heterocycles. The number of carbonyl (C=O) groups excluding carboxylic acids is 2. The van der Waals surface area contributed by atoms with Gasteiger partial charge in [0.05, 0.1) is 0 Å². The van der Waals surface area contributed by atoms with Crippen LogP contribution in [0.15, 0.2) is 24.3 Å². The minimum Gasteiger partial charge on any atom is -0.508 e. The van der Waals surface area contributed by atoms with Crippen LogP contribution in [0.1, 0.15) is 43.0 Å². The van der Waals surface area contributed by atoms with Gasteiger partial charge in [0.2, 0.25) is 5.78 Å². The van der Waals surface area contributed by atoms with Crippen molar-refractivity contribution in [2.24, 2.45) is 0 Å². The van der Waals surface area contributed by atoms with Crippen LogP contribution in [-0.2, 0) is 4.74 Å². The van der Waals surface area contributed by atoms with Crippen molar-refractivity contribution in [2.45, 2.75) is 27.7 Å². The quantitative estimate of drug-likeness (QED) is 0.664. The minimum absolute atomic E-state index is 0.102. The lowest BCUT2D eigenvalue weighted by molar-refractivity contribution is 0.0471. The molecule has 0 atom stereocenters. The van der Waals surface area contributed by atoms with E-state index in [4.69, 9.17) is 4.74 Å². The molecule has 0 amide bonds. The van der Waals surface area contributed by atoms with Gasteiger partial charge in [0.25, 0.3) is 0 Å². The van der Waals surface area contributed by atoms with Crippen molar-refractivity contribution in [3.05, 3.63) is 57.6 Å². The van der Waals surface area contributed by atoms with Gasteiger partial charge >= 0.3 is 5.97 Å². The largest absolute Gasteiger partial charge is 0.508 e. The van der Waals surface area contributed by atoms with Gasteiger partial charge in [-0.05, 0) is 62.1 Å². The minimum atomic E-state index is -0.819. The van der Waals surface area contributed by atoms with Crippen LogP contribution in [0.5, 0.6) is 11.5 Å². The molecule has 0 spiro atoms. The van der Waals surface area contributed by atoms with Crippen LogP contribution < -0.4 is 0 Å². The summed E-state index contributed by atoms with van der Waals surface area (Å²) in [7, 11) is 0. The molecule has 2 aromatic carbocycles. The number of ether oxygens (including phenoxy) is 1. The van der Waals surface area contributed by atoms with E-state index in [2.05, 4.69) is 0 Å². The monoisotopic (exact) mass is 328 g/mol. The Morgan fingerprint density at radius 1 is 0.958 bits per heavy atom. The van der Waals surface area contributed by atoms with E-state index in [1.807, 2.05) is 33.8 Å². The number of Topliss-reactive ketones (excluding diaryl/α,β-unsaturated/α-hetero) is 1. The number of phenols is 2. The zero-order valence-corrected chi connectivity index (χ0v) is 14.1. The Kier molecular flexibility index (Phi) is 4.93. The molecule has 0 aliphatic carbocycles. The van der Waals surface area contributed by atoms with E-state index in [1.54, 1.807) is 0 Å². The molecule has 0 aliphatic heterocycles. The average Bonchev–Trinajstić information content (AvgIpc) is 2.51. The predicted octanol–water partition coefficient (Wildman–Crippen LogP) is 3.37. The van der Waals surface area contributed by atoms with E-state index in [1.165, 1.54) is 12.1 Å². The van der Waals surface area contributed by atoms with Crippen LogP contribution in [-0.4, -0.2) is 28.6 Å². The maximum absolute atomic E-state index is 12.5. The van der Waals surface area contributed by atoms with E-state index in [-0.39, 0.29) is 17.1 Å². The summed E-state index contributed by atoms with van der Waals surface area (Å²) in [5.41, 5.74) is 4.20. The molecule has 2 aromatic rings. The molecule has 0 saturated heterocycles. The summed E-state index contributed by atoms with van der Waals surface area (Å²) < 4.78 is 5.02. The summed E-state index contributed by atoms with van der Waals surface area (Å²) in [6.45, 7) is 7.17. The molecule has 2 rings (SSSR count). The Bertz CT molecular complexity index is 795. The van der Waals surface area contributed by atoms with Gasteiger partial charge in [0.15, 0.2) is 6.61 Å². The number of ketones is 1. The third kappa shape index (κ3) is 3.40. The number of esters is 1. The normalized spacial score (nSPS) is 10.5. The van der Waals surface area contributed by atoms with Crippen molar-refractivity contribution in [2.75, 3.05) is 6.61 Å². The van der Waals surface area contributed by atoms with Crippen LogP contribution in [0, 0.1) is 27.7 Å². The second-order valence-electron chi connectivity index (χ2n) is 5.84. The third-order valence-corrected chi connectivity index (χ3v) is 4.18. The SMILES string of the molecule is Cc1cc(C)c(C)c(C(=O)COC(=O)c2ccc(O)cc2O)c1C. The average molecular weight is 328 g/mol. The van der Waals surface area contributed by atoms with Gasteiger partial charge in [0, 0.05) is 11.6 Å². The van der Waals surface area contributed by atoms with Crippen molar-refractivity contribution in [3.63, 3.8) is 0 Å². The number of carbonyl (C=O) groups is 2. The predicted molar refractivity (Wildman–Crippen MR) is 89.8 cm³/mol. The van der Waals surface area contributed by atoms with Gasteiger partial charge in [0.1, 0.15) is 17.1 Å². The Labute approximate surface area is 140 Å². The molecular formula is C19H20O5. The number of aryl methyl sites for hydroxylation is 2. The number of benzene rings is 2. The van der Waals surface area contributed by atoms with E-state index in [0.29, 0.717) is 5.56 Å². The third-order valence-electron chi connectivity index (χ3n) is 4.18. The Hall–Kier alpha value is -2.82. The molecule has 0 aliphatic rings. The first-order chi connectivity index (χ1) is 11.2. The Balaban J connectivity index is 2.18. The maximum atomic E-state index is 12.5. The lowest BCUT2D eigenvalue weighted by Crippen LogP contribution is -2.17. The van der Waals surface area contributed by atoms with E-state index >= 15 is 0 Å². The molecule has 24 heavy (non-hydrogen) atoms. The summed E-state index contributed by atoms with van der Waals surface area (Å²) in [5.74, 6) is -1.67. The Morgan fingerprint density at radius 2 is 1.54 bits per heavy atom. The molecular weight excluding hydrogens is 308 g/mol. The fraction of sp³-hybridized carbons (Fsp3) is 0.263. The van der Waals surface area contributed by atoms with Crippen LogP contribution in [0.2, 0.25) is 0 Å². The molecule has 0 bridgehead atoms. The van der Waals surface area contributed by atoms with Crippen LogP contribution in [0.25, 0.3) is 0 Å². The van der Waals surface area contributed by atoms with Crippen LogP contribution in [0.4, 0.5) is 0 Å². The van der Waals surface area contributed by atoms with Gasteiger partial charge in [-0.2, -0.15) is 0 Å². The van der Waals surface area contributed by atoms with Crippen LogP contribution in [0.3, 0.4) is 0 Å².